The van der Waals surface area contributed by atoms with Crippen molar-refractivity contribution in [2.24, 2.45) is 11.7 Å². The molecule has 1 nitrogen and oxygen atoms in total. The molecule has 0 spiro atoms. The van der Waals surface area contributed by atoms with Crippen molar-refractivity contribution in [3.05, 3.63) is 35.6 Å². The van der Waals surface area contributed by atoms with Gasteiger partial charge in [-0.2, -0.15) is 0 Å². The summed E-state index contributed by atoms with van der Waals surface area (Å²) in [5.41, 5.74) is 6.59. The van der Waals surface area contributed by atoms with Crippen LogP contribution in [0.4, 0.5) is 4.39 Å². The zero-order chi connectivity index (χ0) is 11.4. The lowest BCUT2D eigenvalue weighted by molar-refractivity contribution is 0.421. The van der Waals surface area contributed by atoms with Gasteiger partial charge < -0.3 is 5.73 Å². The molecule has 0 aliphatic heterocycles. The molecule has 0 saturated carbocycles. The molecule has 0 aromatic heterocycles. The van der Waals surface area contributed by atoms with Gasteiger partial charge in [-0.1, -0.05) is 32.0 Å². The highest BCUT2D eigenvalue weighted by Gasteiger charge is 2.20. The van der Waals surface area contributed by atoms with Crippen molar-refractivity contribution < 1.29 is 4.39 Å². The van der Waals surface area contributed by atoms with E-state index >= 15 is 0 Å². The van der Waals surface area contributed by atoms with Gasteiger partial charge in [-0.3, -0.25) is 0 Å². The van der Waals surface area contributed by atoms with E-state index in [1.807, 2.05) is 19.1 Å². The number of rotatable bonds is 4. The van der Waals surface area contributed by atoms with Crippen molar-refractivity contribution in [1.82, 2.24) is 0 Å². The first kappa shape index (κ1) is 12.2. The van der Waals surface area contributed by atoms with E-state index in [0.717, 1.165) is 12.0 Å². The molecule has 2 N–H and O–H groups in total. The Hall–Kier alpha value is -0.890. The summed E-state index contributed by atoms with van der Waals surface area (Å²) in [6, 6.07) is 7.10. The topological polar surface area (TPSA) is 26.0 Å². The minimum Gasteiger partial charge on any atom is -0.328 e. The predicted octanol–water partition coefficient (Wildman–Crippen LogP) is 3.30. The Morgan fingerprint density at radius 2 is 1.80 bits per heavy atom. The first-order valence-electron chi connectivity index (χ1n) is 5.52. The van der Waals surface area contributed by atoms with Gasteiger partial charge in [-0.25, -0.2) is 4.39 Å². The molecule has 0 saturated heterocycles. The second-order valence-corrected chi connectivity index (χ2v) is 4.59. The Balaban J connectivity index is 2.94. The predicted molar refractivity (Wildman–Crippen MR) is 62.2 cm³/mol. The zero-order valence-electron chi connectivity index (χ0n) is 9.70. The summed E-state index contributed by atoms with van der Waals surface area (Å²) in [4.78, 5) is 0. The quantitative estimate of drug-likeness (QED) is 0.809. The van der Waals surface area contributed by atoms with Crippen molar-refractivity contribution in [2.75, 3.05) is 0 Å². The maximum Gasteiger partial charge on any atom is 0.126 e. The van der Waals surface area contributed by atoms with Crippen LogP contribution in [0.15, 0.2) is 24.3 Å². The highest BCUT2D eigenvalue weighted by Crippen LogP contribution is 2.30. The summed E-state index contributed by atoms with van der Waals surface area (Å²) in [5, 5.41) is 0. The number of hydrogen-bond donors (Lipinski definition) is 1. The van der Waals surface area contributed by atoms with Gasteiger partial charge in [0.05, 0.1) is 0 Å². The Kier molecular flexibility index (Phi) is 4.28. The van der Waals surface area contributed by atoms with Gasteiger partial charge >= 0.3 is 0 Å². The van der Waals surface area contributed by atoms with Crippen LogP contribution in [0, 0.1) is 11.7 Å². The van der Waals surface area contributed by atoms with E-state index in [1.54, 1.807) is 6.07 Å². The van der Waals surface area contributed by atoms with E-state index in [-0.39, 0.29) is 17.8 Å². The van der Waals surface area contributed by atoms with E-state index in [4.69, 9.17) is 5.73 Å². The first-order chi connectivity index (χ1) is 7.02. The molecule has 84 valence electrons. The third-order valence-electron chi connectivity index (χ3n) is 2.74. The molecule has 1 aromatic rings. The molecule has 1 aromatic carbocycles. The highest BCUT2D eigenvalue weighted by molar-refractivity contribution is 5.22. The normalized spacial score (nSPS) is 15.3. The van der Waals surface area contributed by atoms with Crippen LogP contribution >= 0.6 is 0 Å². The molecule has 0 heterocycles. The van der Waals surface area contributed by atoms with Crippen LogP contribution in [0.3, 0.4) is 0 Å². The molecule has 2 heteroatoms. The smallest absolute Gasteiger partial charge is 0.126 e. The van der Waals surface area contributed by atoms with Crippen LogP contribution in [0.5, 0.6) is 0 Å². The molecule has 0 aliphatic carbocycles. The zero-order valence-corrected chi connectivity index (χ0v) is 9.70. The Bertz CT molecular complexity index is 307. The minimum atomic E-state index is -0.114. The van der Waals surface area contributed by atoms with Gasteiger partial charge in [-0.05, 0) is 36.8 Å². The van der Waals surface area contributed by atoms with Gasteiger partial charge in [-0.15, -0.1) is 0 Å². The standard InChI is InChI=1S/C13H20FN/c1-9(2)12(8-10(3)15)11-6-4-5-7-13(11)14/h4-7,9-10,12H,8,15H2,1-3H3. The SMILES string of the molecule is CC(N)CC(c1ccccc1F)C(C)C. The number of halogens is 1. The fourth-order valence-electron chi connectivity index (χ4n) is 1.93. The molecule has 1 rings (SSSR count). The van der Waals surface area contributed by atoms with E-state index in [1.165, 1.54) is 6.07 Å². The van der Waals surface area contributed by atoms with Crippen molar-refractivity contribution in [1.29, 1.82) is 0 Å². The Morgan fingerprint density at radius 1 is 1.20 bits per heavy atom. The van der Waals surface area contributed by atoms with Gasteiger partial charge in [0.2, 0.25) is 0 Å². The average Bonchev–Trinajstić information content (AvgIpc) is 2.15. The maximum absolute atomic E-state index is 13.6. The highest BCUT2D eigenvalue weighted by atomic mass is 19.1. The minimum absolute atomic E-state index is 0.108. The summed E-state index contributed by atoms with van der Waals surface area (Å²) >= 11 is 0. The van der Waals surface area contributed by atoms with Crippen LogP contribution < -0.4 is 5.73 Å². The summed E-state index contributed by atoms with van der Waals surface area (Å²) in [7, 11) is 0. The van der Waals surface area contributed by atoms with E-state index < -0.39 is 0 Å². The van der Waals surface area contributed by atoms with Crippen molar-refractivity contribution in [3.8, 4) is 0 Å². The van der Waals surface area contributed by atoms with Gasteiger partial charge in [0.1, 0.15) is 5.82 Å². The van der Waals surface area contributed by atoms with Gasteiger partial charge in [0.15, 0.2) is 0 Å². The van der Waals surface area contributed by atoms with E-state index in [9.17, 15) is 4.39 Å². The van der Waals surface area contributed by atoms with E-state index in [2.05, 4.69) is 13.8 Å². The largest absolute Gasteiger partial charge is 0.328 e. The van der Waals surface area contributed by atoms with Crippen molar-refractivity contribution in [3.63, 3.8) is 0 Å². The lowest BCUT2D eigenvalue weighted by Crippen LogP contribution is -2.22. The number of benzene rings is 1. The molecule has 0 bridgehead atoms. The van der Waals surface area contributed by atoms with Crippen molar-refractivity contribution in [2.45, 2.75) is 39.2 Å². The van der Waals surface area contributed by atoms with Crippen LogP contribution in [-0.2, 0) is 0 Å². The van der Waals surface area contributed by atoms with E-state index in [0.29, 0.717) is 5.92 Å². The van der Waals surface area contributed by atoms with Crippen LogP contribution in [0.1, 0.15) is 38.7 Å². The lowest BCUT2D eigenvalue weighted by atomic mass is 9.83. The second kappa shape index (κ2) is 5.26. The molecule has 2 unspecified atom stereocenters. The van der Waals surface area contributed by atoms with Crippen LogP contribution in [0.25, 0.3) is 0 Å². The molecule has 2 atom stereocenters. The fourth-order valence-corrected chi connectivity index (χ4v) is 1.93. The molecular weight excluding hydrogens is 189 g/mol. The summed E-state index contributed by atoms with van der Waals surface area (Å²) < 4.78 is 13.6. The van der Waals surface area contributed by atoms with Gasteiger partial charge in [0.25, 0.3) is 0 Å². The van der Waals surface area contributed by atoms with Gasteiger partial charge in [0, 0.05) is 6.04 Å². The summed E-state index contributed by atoms with van der Waals surface area (Å²) in [5.74, 6) is 0.510. The molecule has 15 heavy (non-hydrogen) atoms. The lowest BCUT2D eigenvalue weighted by Gasteiger charge is -2.23. The number of nitrogens with two attached hydrogens (primary N) is 1. The number of hydrogen-bond acceptors (Lipinski definition) is 1. The van der Waals surface area contributed by atoms with Crippen molar-refractivity contribution >= 4 is 0 Å². The third-order valence-corrected chi connectivity index (χ3v) is 2.74. The second-order valence-electron chi connectivity index (χ2n) is 4.59. The molecule has 0 radical (unpaired) electrons. The first-order valence-corrected chi connectivity index (χ1v) is 5.52. The van der Waals surface area contributed by atoms with Crippen LogP contribution in [0.2, 0.25) is 0 Å². The average molecular weight is 209 g/mol. The molecule has 0 fully saturated rings. The third kappa shape index (κ3) is 3.31. The maximum atomic E-state index is 13.6. The summed E-state index contributed by atoms with van der Waals surface area (Å²) in [6.07, 6.45) is 0.832. The fraction of sp³-hybridized carbons (Fsp3) is 0.538. The molecular formula is C13H20FN. The summed E-state index contributed by atoms with van der Waals surface area (Å²) in [6.45, 7) is 6.19. The molecule has 0 aliphatic rings. The monoisotopic (exact) mass is 209 g/mol. The van der Waals surface area contributed by atoms with Crippen LogP contribution in [-0.4, -0.2) is 6.04 Å². The Labute approximate surface area is 91.5 Å². The molecule has 0 amide bonds. The Morgan fingerprint density at radius 3 is 2.27 bits per heavy atom.